The number of aromatic nitrogens is 3. The summed E-state index contributed by atoms with van der Waals surface area (Å²) in [6, 6.07) is 0. The lowest BCUT2D eigenvalue weighted by molar-refractivity contribution is -0.170. The SMILES string of the molecule is CCC1(COC(=O)CCCn2c(=O)n(C)c(=O)n(C)c2=O)COC1. The standard InChI is InChI=1S/C15H23N3O6/c1-4-15(8-23-9-15)10-24-11(19)6-5-7-18-13(21)16(2)12(20)17(3)14(18)22/h4-10H2,1-3H3. The molecular formula is C15H23N3O6. The van der Waals surface area contributed by atoms with E-state index < -0.39 is 17.1 Å². The van der Waals surface area contributed by atoms with Crippen LogP contribution < -0.4 is 17.1 Å². The second kappa shape index (κ2) is 7.16. The summed E-state index contributed by atoms with van der Waals surface area (Å²) in [6.45, 7) is 3.60. The molecule has 0 bridgehead atoms. The van der Waals surface area contributed by atoms with E-state index >= 15 is 0 Å². The van der Waals surface area contributed by atoms with Crippen LogP contribution in [0.25, 0.3) is 0 Å². The number of nitrogens with zero attached hydrogens (tertiary/aromatic N) is 3. The number of ether oxygens (including phenoxy) is 2. The van der Waals surface area contributed by atoms with E-state index in [0.29, 0.717) is 19.8 Å². The summed E-state index contributed by atoms with van der Waals surface area (Å²) in [5, 5.41) is 0. The summed E-state index contributed by atoms with van der Waals surface area (Å²) >= 11 is 0. The van der Waals surface area contributed by atoms with Gasteiger partial charge in [0.25, 0.3) is 0 Å². The zero-order valence-corrected chi connectivity index (χ0v) is 14.2. The average molecular weight is 341 g/mol. The quantitative estimate of drug-likeness (QED) is 0.589. The molecule has 0 saturated carbocycles. The largest absolute Gasteiger partial charge is 0.465 e. The van der Waals surface area contributed by atoms with E-state index in [1.807, 2.05) is 6.92 Å². The monoisotopic (exact) mass is 341 g/mol. The molecule has 0 radical (unpaired) electrons. The van der Waals surface area contributed by atoms with Gasteiger partial charge in [-0.15, -0.1) is 0 Å². The van der Waals surface area contributed by atoms with Crippen LogP contribution in [-0.2, 0) is 34.9 Å². The molecule has 1 aromatic heterocycles. The van der Waals surface area contributed by atoms with Gasteiger partial charge in [-0.2, -0.15) is 0 Å². The zero-order valence-electron chi connectivity index (χ0n) is 14.2. The van der Waals surface area contributed by atoms with Crippen molar-refractivity contribution in [2.24, 2.45) is 19.5 Å². The third-order valence-electron chi connectivity index (χ3n) is 4.48. The van der Waals surface area contributed by atoms with E-state index in [2.05, 4.69) is 0 Å². The molecule has 0 N–H and O–H groups in total. The van der Waals surface area contributed by atoms with Gasteiger partial charge in [-0.3, -0.25) is 4.79 Å². The van der Waals surface area contributed by atoms with Crippen molar-refractivity contribution in [3.05, 3.63) is 31.5 Å². The van der Waals surface area contributed by atoms with Gasteiger partial charge in [-0.25, -0.2) is 28.1 Å². The number of carbonyl (C=O) groups excluding carboxylic acids is 1. The second-order valence-corrected chi connectivity index (χ2v) is 6.23. The van der Waals surface area contributed by atoms with Gasteiger partial charge in [0.05, 0.1) is 18.6 Å². The summed E-state index contributed by atoms with van der Waals surface area (Å²) in [5.74, 6) is -0.371. The Morgan fingerprint density at radius 1 is 1.12 bits per heavy atom. The van der Waals surface area contributed by atoms with E-state index in [-0.39, 0.29) is 30.8 Å². The maximum absolute atomic E-state index is 12.0. The summed E-state index contributed by atoms with van der Waals surface area (Å²) < 4.78 is 13.1. The van der Waals surface area contributed by atoms with Crippen LogP contribution in [0.3, 0.4) is 0 Å². The number of carbonyl (C=O) groups is 1. The molecule has 1 saturated heterocycles. The number of hydrogen-bond acceptors (Lipinski definition) is 6. The first-order valence-corrected chi connectivity index (χ1v) is 7.91. The number of hydrogen-bond donors (Lipinski definition) is 0. The van der Waals surface area contributed by atoms with Crippen molar-refractivity contribution in [2.75, 3.05) is 19.8 Å². The molecule has 1 fully saturated rings. The van der Waals surface area contributed by atoms with Crippen LogP contribution in [0.4, 0.5) is 0 Å². The lowest BCUT2D eigenvalue weighted by Crippen LogP contribution is -2.52. The lowest BCUT2D eigenvalue weighted by Gasteiger charge is -2.39. The van der Waals surface area contributed by atoms with Gasteiger partial charge in [0, 0.05) is 27.1 Å². The maximum atomic E-state index is 12.0. The fourth-order valence-electron chi connectivity index (χ4n) is 2.49. The highest BCUT2D eigenvalue weighted by Gasteiger charge is 2.38. The summed E-state index contributed by atoms with van der Waals surface area (Å²) in [6.07, 6.45) is 1.25. The topological polar surface area (TPSA) is 102 Å². The molecule has 24 heavy (non-hydrogen) atoms. The predicted octanol–water partition coefficient (Wildman–Crippen LogP) is -1.00. The highest BCUT2D eigenvalue weighted by molar-refractivity contribution is 5.69. The van der Waals surface area contributed by atoms with E-state index in [0.717, 1.165) is 20.1 Å². The van der Waals surface area contributed by atoms with Crippen molar-refractivity contribution < 1.29 is 14.3 Å². The third-order valence-corrected chi connectivity index (χ3v) is 4.48. The Morgan fingerprint density at radius 2 is 1.71 bits per heavy atom. The van der Waals surface area contributed by atoms with E-state index in [9.17, 15) is 19.2 Å². The Balaban J connectivity index is 1.91. The third kappa shape index (κ3) is 3.50. The number of esters is 1. The Hall–Kier alpha value is -2.16. The molecule has 0 unspecified atom stereocenters. The Kier molecular flexibility index (Phi) is 5.43. The molecule has 0 atom stereocenters. The molecule has 9 nitrogen and oxygen atoms in total. The molecule has 2 rings (SSSR count). The average Bonchev–Trinajstić information content (AvgIpc) is 2.53. The summed E-state index contributed by atoms with van der Waals surface area (Å²) in [4.78, 5) is 47.3. The van der Waals surface area contributed by atoms with Gasteiger partial charge in [-0.1, -0.05) is 6.92 Å². The molecule has 2 heterocycles. The highest BCUT2D eigenvalue weighted by atomic mass is 16.5. The van der Waals surface area contributed by atoms with Gasteiger partial charge in [0.1, 0.15) is 6.61 Å². The molecule has 1 aliphatic heterocycles. The van der Waals surface area contributed by atoms with Crippen LogP contribution in [0.15, 0.2) is 14.4 Å². The van der Waals surface area contributed by atoms with E-state index in [1.165, 1.54) is 14.1 Å². The van der Waals surface area contributed by atoms with Gasteiger partial charge in [-0.05, 0) is 12.8 Å². The normalized spacial score (nSPS) is 15.8. The smallest absolute Gasteiger partial charge is 0.336 e. The minimum atomic E-state index is -0.687. The minimum Gasteiger partial charge on any atom is -0.465 e. The van der Waals surface area contributed by atoms with E-state index in [1.54, 1.807) is 0 Å². The van der Waals surface area contributed by atoms with Crippen molar-refractivity contribution in [3.63, 3.8) is 0 Å². The first-order valence-electron chi connectivity index (χ1n) is 7.91. The van der Waals surface area contributed by atoms with Crippen LogP contribution in [0.1, 0.15) is 26.2 Å². The van der Waals surface area contributed by atoms with Gasteiger partial charge in [0.15, 0.2) is 0 Å². The maximum Gasteiger partial charge on any atom is 0.336 e. The van der Waals surface area contributed by atoms with Crippen LogP contribution in [0.2, 0.25) is 0 Å². The van der Waals surface area contributed by atoms with Crippen molar-refractivity contribution >= 4 is 5.97 Å². The number of rotatable bonds is 7. The molecular weight excluding hydrogens is 318 g/mol. The molecule has 9 heteroatoms. The summed E-state index contributed by atoms with van der Waals surface area (Å²) in [5.41, 5.74) is -2.12. The fourth-order valence-corrected chi connectivity index (χ4v) is 2.49. The second-order valence-electron chi connectivity index (χ2n) is 6.23. The van der Waals surface area contributed by atoms with Crippen LogP contribution in [0.5, 0.6) is 0 Å². The Labute approximate surface area is 138 Å². The predicted molar refractivity (Wildman–Crippen MR) is 84.9 cm³/mol. The highest BCUT2D eigenvalue weighted by Crippen LogP contribution is 2.31. The minimum absolute atomic E-state index is 0.0523. The molecule has 1 aliphatic rings. The van der Waals surface area contributed by atoms with Crippen LogP contribution in [0, 0.1) is 5.41 Å². The molecule has 134 valence electrons. The molecule has 0 aromatic carbocycles. The first kappa shape index (κ1) is 18.2. The zero-order chi connectivity index (χ0) is 17.9. The Bertz CT molecular complexity index is 738. The molecule has 1 aromatic rings. The fraction of sp³-hybridized carbons (Fsp3) is 0.733. The molecule has 0 spiro atoms. The van der Waals surface area contributed by atoms with Crippen molar-refractivity contribution in [2.45, 2.75) is 32.7 Å². The van der Waals surface area contributed by atoms with Crippen LogP contribution >= 0.6 is 0 Å². The first-order chi connectivity index (χ1) is 11.3. The van der Waals surface area contributed by atoms with E-state index in [4.69, 9.17) is 9.47 Å². The van der Waals surface area contributed by atoms with Crippen molar-refractivity contribution in [3.8, 4) is 0 Å². The lowest BCUT2D eigenvalue weighted by atomic mass is 9.84. The molecule has 0 aliphatic carbocycles. The Morgan fingerprint density at radius 3 is 2.17 bits per heavy atom. The van der Waals surface area contributed by atoms with Gasteiger partial charge in [0.2, 0.25) is 0 Å². The van der Waals surface area contributed by atoms with Gasteiger partial charge >= 0.3 is 23.0 Å². The summed E-state index contributed by atoms with van der Waals surface area (Å²) in [7, 11) is 2.61. The van der Waals surface area contributed by atoms with Crippen molar-refractivity contribution in [1.82, 2.24) is 13.7 Å². The van der Waals surface area contributed by atoms with Crippen LogP contribution in [-0.4, -0.2) is 39.5 Å². The molecule has 0 amide bonds. The van der Waals surface area contributed by atoms with Gasteiger partial charge < -0.3 is 9.47 Å². The van der Waals surface area contributed by atoms with Crippen molar-refractivity contribution in [1.29, 1.82) is 0 Å².